The predicted molar refractivity (Wildman–Crippen MR) is 210 cm³/mol. The molecule has 2 aromatic carbocycles. The molecule has 260 valence electrons. The van der Waals surface area contributed by atoms with Crippen LogP contribution in [0.15, 0.2) is 48.5 Å². The van der Waals surface area contributed by atoms with Crippen LogP contribution in [0.5, 0.6) is 0 Å². The van der Waals surface area contributed by atoms with Gasteiger partial charge in [-0.1, -0.05) is 45.9 Å². The summed E-state index contributed by atoms with van der Waals surface area (Å²) in [6, 6.07) is 19.1. The van der Waals surface area contributed by atoms with E-state index in [9.17, 15) is 0 Å². The van der Waals surface area contributed by atoms with Crippen LogP contribution >= 0.6 is 54.1 Å². The lowest BCUT2D eigenvalue weighted by Gasteiger charge is -2.16. The van der Waals surface area contributed by atoms with Crippen molar-refractivity contribution in [3.05, 3.63) is 58.5 Å². The molecule has 47 heavy (non-hydrogen) atoms. The molecule has 0 saturated heterocycles. The first-order valence-corrected chi connectivity index (χ1v) is 24.7. The quantitative estimate of drug-likeness (QED) is 0.0274. The van der Waals surface area contributed by atoms with E-state index >= 15 is 0 Å². The van der Waals surface area contributed by atoms with E-state index in [-0.39, 0.29) is 12.6 Å². The van der Waals surface area contributed by atoms with Gasteiger partial charge >= 0.3 is 0 Å². The third-order valence-electron chi connectivity index (χ3n) is 7.41. The number of methoxy groups -OCH3 is 2. The molecule has 0 amide bonds. The molecule has 4 rings (SSSR count). The van der Waals surface area contributed by atoms with Gasteiger partial charge in [0.1, 0.15) is 0 Å². The van der Waals surface area contributed by atoms with Gasteiger partial charge in [-0.25, -0.2) is 9.97 Å². The molecule has 0 fully saturated rings. The van der Waals surface area contributed by atoms with Crippen molar-refractivity contribution >= 4 is 94.0 Å². The van der Waals surface area contributed by atoms with Crippen LogP contribution < -0.4 is 0 Å². The monoisotopic (exact) mass is 772 g/mol. The minimum absolute atomic E-state index is 0.170. The molecule has 0 bridgehead atoms. The molecular weight excluding hydrogens is 725 g/mol. The van der Waals surface area contributed by atoms with Gasteiger partial charge in [0.2, 0.25) is 0 Å². The topological polar surface area (TPSA) is 81.2 Å². The fourth-order valence-electron chi connectivity index (χ4n) is 4.55. The van der Waals surface area contributed by atoms with Crippen LogP contribution in [0, 0.1) is 0 Å². The van der Waals surface area contributed by atoms with Crippen LogP contribution in [-0.4, -0.2) is 94.2 Å². The van der Waals surface area contributed by atoms with Crippen molar-refractivity contribution in [2.24, 2.45) is 0 Å². The van der Waals surface area contributed by atoms with E-state index in [1.54, 1.807) is 14.2 Å². The minimum Gasteiger partial charge on any atom is -0.424 e. The highest BCUT2D eigenvalue weighted by atomic mass is 33.5. The van der Waals surface area contributed by atoms with Crippen molar-refractivity contribution in [3.8, 4) is 0 Å². The number of aromatic nitrogens is 2. The summed E-state index contributed by atoms with van der Waals surface area (Å²) in [6.45, 7) is 6.62. The van der Waals surface area contributed by atoms with E-state index in [2.05, 4.69) is 48.5 Å². The zero-order chi connectivity index (χ0) is 33.1. The van der Waals surface area contributed by atoms with Gasteiger partial charge in [-0.3, -0.25) is 0 Å². The van der Waals surface area contributed by atoms with Crippen LogP contribution in [0.4, 0.5) is 0 Å². The molecule has 15 heteroatoms. The number of hydrogen-bond acceptors (Lipinski definition) is 13. The number of benzene rings is 2. The third kappa shape index (κ3) is 14.3. The second kappa shape index (κ2) is 23.0. The average Bonchev–Trinajstić information content (AvgIpc) is 3.73. The molecule has 8 nitrogen and oxygen atoms in total. The van der Waals surface area contributed by atoms with Gasteiger partial charge < -0.3 is 27.8 Å². The first-order valence-electron chi connectivity index (χ1n) is 16.1. The average molecular weight is 773 g/mol. The molecule has 2 aromatic heterocycles. The Labute approximate surface area is 303 Å². The molecule has 0 saturated carbocycles. The molecule has 4 aromatic rings. The first-order chi connectivity index (χ1) is 23.1. The highest BCUT2D eigenvalue weighted by Gasteiger charge is 2.20. The lowest BCUT2D eigenvalue weighted by Crippen LogP contribution is -2.13. The maximum atomic E-state index is 6.14. The van der Waals surface area contributed by atoms with Gasteiger partial charge in [0.05, 0.1) is 43.7 Å². The van der Waals surface area contributed by atoms with Gasteiger partial charge in [0, 0.05) is 50.8 Å². The molecule has 0 aliphatic heterocycles. The molecule has 0 spiro atoms. The van der Waals surface area contributed by atoms with Crippen LogP contribution in [0.1, 0.15) is 48.5 Å². The number of thiazole rings is 2. The second-order valence-corrected chi connectivity index (χ2v) is 20.2. The van der Waals surface area contributed by atoms with Crippen LogP contribution in [-0.2, 0) is 27.8 Å². The number of ether oxygens (including phenoxy) is 4. The van der Waals surface area contributed by atoms with Crippen LogP contribution in [0.3, 0.4) is 0 Å². The maximum Gasteiger partial charge on any atom is 0.162 e. The van der Waals surface area contributed by atoms with E-state index in [1.165, 1.54) is 19.4 Å². The number of fused-ring (bicyclic) bond motifs is 2. The number of para-hydroxylation sites is 2. The van der Waals surface area contributed by atoms with E-state index < -0.39 is 19.5 Å². The number of rotatable bonds is 26. The van der Waals surface area contributed by atoms with Crippen molar-refractivity contribution < 1.29 is 27.8 Å². The Morgan fingerprint density at radius 3 is 1.53 bits per heavy atom. The van der Waals surface area contributed by atoms with Gasteiger partial charge in [-0.15, -0.1) is 22.7 Å². The van der Waals surface area contributed by atoms with Crippen LogP contribution in [0.25, 0.3) is 20.4 Å². The summed E-state index contributed by atoms with van der Waals surface area (Å²) in [5.74, 6) is 2.85. The molecule has 4 unspecified atom stereocenters. The van der Waals surface area contributed by atoms with Gasteiger partial charge in [-0.2, -0.15) is 0 Å². The largest absolute Gasteiger partial charge is 0.424 e. The fraction of sp³-hybridized carbons (Fsp3) is 0.562. The number of nitrogens with zero attached hydrogens (tertiary/aromatic N) is 2. The normalized spacial score (nSPS) is 15.1. The summed E-state index contributed by atoms with van der Waals surface area (Å²) in [4.78, 5) is 10.0. The van der Waals surface area contributed by atoms with Crippen molar-refractivity contribution in [1.29, 1.82) is 0 Å². The Bertz CT molecular complexity index is 1250. The van der Waals surface area contributed by atoms with E-state index in [0.29, 0.717) is 25.0 Å². The first kappa shape index (κ1) is 39.3. The highest BCUT2D eigenvalue weighted by Crippen LogP contribution is 2.43. The molecular formula is C32H48N2O6S5Si2. The lowest BCUT2D eigenvalue weighted by atomic mass is 10.2. The van der Waals surface area contributed by atoms with Crippen molar-refractivity contribution in [1.82, 2.24) is 9.97 Å². The van der Waals surface area contributed by atoms with Gasteiger partial charge in [-0.05, 0) is 72.9 Å². The molecule has 0 aliphatic carbocycles. The molecule has 0 aliphatic rings. The van der Waals surface area contributed by atoms with E-state index in [4.69, 9.17) is 37.8 Å². The summed E-state index contributed by atoms with van der Waals surface area (Å²) < 4.78 is 36.3. The molecule has 0 radical (unpaired) electrons. The summed E-state index contributed by atoms with van der Waals surface area (Å²) in [5.41, 5.74) is 2.19. The summed E-state index contributed by atoms with van der Waals surface area (Å²) >= 11 is 3.66. The molecule has 2 heterocycles. The Morgan fingerprint density at radius 1 is 0.660 bits per heavy atom. The molecule has 4 atom stereocenters. The zero-order valence-electron chi connectivity index (χ0n) is 27.8. The third-order valence-corrected chi connectivity index (χ3v) is 17.2. The Kier molecular flexibility index (Phi) is 19.2. The van der Waals surface area contributed by atoms with E-state index in [0.717, 1.165) is 60.7 Å². The summed E-state index contributed by atoms with van der Waals surface area (Å²) in [6.07, 6.45) is 1.44. The summed E-state index contributed by atoms with van der Waals surface area (Å²) in [7, 11) is 7.77. The van der Waals surface area contributed by atoms with Gasteiger partial charge in [0.15, 0.2) is 32.1 Å². The predicted octanol–water partition coefficient (Wildman–Crippen LogP) is 7.64. The molecule has 0 N–H and O–H groups in total. The zero-order valence-corrected chi connectivity index (χ0v) is 34.7. The maximum absolute atomic E-state index is 6.14. The highest BCUT2D eigenvalue weighted by molar-refractivity contribution is 9.09. The fourth-order valence-corrected chi connectivity index (χ4v) is 14.9. The van der Waals surface area contributed by atoms with E-state index in [1.807, 2.05) is 67.9 Å². The Morgan fingerprint density at radius 2 is 1.11 bits per heavy atom. The summed E-state index contributed by atoms with van der Waals surface area (Å²) in [5, 5.41) is 2.46. The van der Waals surface area contributed by atoms with Crippen molar-refractivity contribution in [2.45, 2.75) is 63.2 Å². The SMILES string of the molecule is COC(C)OCCCO[SiH2]CC(CSSSCC(C[SiH2]OCCCOC(C)OC)c1nc2ccccc2s1)c1nc2ccccc2s1. The van der Waals surface area contributed by atoms with Crippen molar-refractivity contribution in [3.63, 3.8) is 0 Å². The van der Waals surface area contributed by atoms with Crippen molar-refractivity contribution in [2.75, 3.05) is 52.2 Å². The smallest absolute Gasteiger partial charge is 0.162 e. The lowest BCUT2D eigenvalue weighted by molar-refractivity contribution is -0.112. The number of hydrogen-bond donors (Lipinski definition) is 0. The van der Waals surface area contributed by atoms with Crippen LogP contribution in [0.2, 0.25) is 12.1 Å². The second-order valence-electron chi connectivity index (χ2n) is 10.9. The Balaban J connectivity index is 1.24. The Hall–Kier alpha value is -0.536. The minimum atomic E-state index is -0.671. The standard InChI is InChI=1S/C32H48N2O6S5Si2/c1-23(35-3)37-15-9-17-39-46-21-25(31-33-27-11-5-7-13-29(27)43-31)19-41-45-42-20-26(22-47-40-18-10-16-38-24(2)36-4)32-34-28-12-6-8-14-30(28)44-32/h5-8,11-14,23-26H,9-10,15-22,46-47H2,1-4H3. The van der Waals surface area contributed by atoms with Gasteiger partial charge in [0.25, 0.3) is 0 Å².